The number of hydrogen-bond acceptors (Lipinski definition) is 3. The fourth-order valence-corrected chi connectivity index (χ4v) is 2.09. The van der Waals surface area contributed by atoms with Crippen molar-refractivity contribution in [3.05, 3.63) is 28.2 Å². The summed E-state index contributed by atoms with van der Waals surface area (Å²) in [5, 5.41) is 21.3. The first-order valence-corrected chi connectivity index (χ1v) is 6.64. The highest BCUT2D eigenvalue weighted by atomic mass is 79.9. The second kappa shape index (κ2) is 6.06. The molecule has 3 N–H and O–H groups in total. The molecule has 0 aromatic heterocycles. The van der Waals surface area contributed by atoms with Crippen LogP contribution in [0.3, 0.4) is 0 Å². The molecule has 1 amide bonds. The summed E-state index contributed by atoms with van der Waals surface area (Å²) < 4.78 is 0.635. The Morgan fingerprint density at radius 2 is 2.05 bits per heavy atom. The Balaban J connectivity index is 2.97. The van der Waals surface area contributed by atoms with E-state index in [0.29, 0.717) is 17.3 Å². The van der Waals surface area contributed by atoms with Crippen LogP contribution < -0.4 is 5.32 Å². The van der Waals surface area contributed by atoms with Gasteiger partial charge in [-0.25, -0.2) is 4.79 Å². The van der Waals surface area contributed by atoms with E-state index in [1.54, 1.807) is 6.07 Å². The van der Waals surface area contributed by atoms with Crippen molar-refractivity contribution in [3.8, 4) is 5.75 Å². The van der Waals surface area contributed by atoms with Crippen LogP contribution in [0.15, 0.2) is 22.7 Å². The quantitative estimate of drug-likeness (QED) is 0.774. The number of rotatable bonds is 5. The van der Waals surface area contributed by atoms with Crippen molar-refractivity contribution in [1.29, 1.82) is 0 Å². The van der Waals surface area contributed by atoms with Crippen LogP contribution in [0.5, 0.6) is 5.75 Å². The highest BCUT2D eigenvalue weighted by Crippen LogP contribution is 2.23. The summed E-state index contributed by atoms with van der Waals surface area (Å²) in [4.78, 5) is 23.3. The van der Waals surface area contributed by atoms with Gasteiger partial charge in [0.15, 0.2) is 0 Å². The maximum atomic E-state index is 12.0. The number of phenols is 1. The largest absolute Gasteiger partial charge is 0.507 e. The highest BCUT2D eigenvalue weighted by molar-refractivity contribution is 9.10. The molecule has 0 aliphatic carbocycles. The normalized spacial score (nSPS) is 13.6. The third-order valence-corrected chi connectivity index (χ3v) is 3.31. The molecule has 0 bridgehead atoms. The van der Waals surface area contributed by atoms with E-state index in [1.165, 1.54) is 19.1 Å². The fraction of sp³-hybridized carbons (Fsp3) is 0.385. The first-order valence-electron chi connectivity index (χ1n) is 5.84. The molecule has 0 radical (unpaired) electrons. The second-order valence-electron chi connectivity index (χ2n) is 4.50. The van der Waals surface area contributed by atoms with E-state index in [0.717, 1.165) is 0 Å². The van der Waals surface area contributed by atoms with Gasteiger partial charge in [-0.1, -0.05) is 29.3 Å². The Kier molecular flexibility index (Phi) is 4.94. The lowest BCUT2D eigenvalue weighted by atomic mass is 9.95. The molecule has 104 valence electrons. The molecule has 1 aromatic carbocycles. The van der Waals surface area contributed by atoms with Gasteiger partial charge in [0.05, 0.1) is 5.56 Å². The zero-order valence-corrected chi connectivity index (χ0v) is 12.3. The highest BCUT2D eigenvalue weighted by Gasteiger charge is 2.34. The molecule has 1 rings (SSSR count). The molecule has 6 heteroatoms. The van der Waals surface area contributed by atoms with Crippen molar-refractivity contribution >= 4 is 27.8 Å². The van der Waals surface area contributed by atoms with E-state index in [9.17, 15) is 19.8 Å². The molecular weight excluding hydrogens is 314 g/mol. The number of aromatic hydroxyl groups is 1. The van der Waals surface area contributed by atoms with E-state index in [-0.39, 0.29) is 11.3 Å². The lowest BCUT2D eigenvalue weighted by Crippen LogP contribution is -2.52. The first kappa shape index (κ1) is 15.5. The van der Waals surface area contributed by atoms with Crippen LogP contribution in [0, 0.1) is 0 Å². The molecule has 5 nitrogen and oxygen atoms in total. The molecule has 0 aliphatic rings. The average molecular weight is 330 g/mol. The Morgan fingerprint density at radius 1 is 1.42 bits per heavy atom. The number of aliphatic carboxylic acids is 1. The number of phenolic OH excluding ortho intramolecular Hbond substituents is 1. The summed E-state index contributed by atoms with van der Waals surface area (Å²) in [6.07, 6.45) is 0.931. The molecule has 0 fully saturated rings. The molecule has 19 heavy (non-hydrogen) atoms. The zero-order chi connectivity index (χ0) is 14.6. The monoisotopic (exact) mass is 329 g/mol. The summed E-state index contributed by atoms with van der Waals surface area (Å²) in [6.45, 7) is 3.29. The molecule has 0 heterocycles. The van der Waals surface area contributed by atoms with Crippen molar-refractivity contribution in [1.82, 2.24) is 5.32 Å². The molecule has 0 spiro atoms. The molecule has 0 saturated heterocycles. The number of hydrogen-bond donors (Lipinski definition) is 3. The lowest BCUT2D eigenvalue weighted by molar-refractivity contribution is -0.144. The van der Waals surface area contributed by atoms with Crippen molar-refractivity contribution < 1.29 is 19.8 Å². The number of carboxylic acid groups (broad SMARTS) is 1. The van der Waals surface area contributed by atoms with Gasteiger partial charge in [-0.05, 0) is 31.5 Å². The molecule has 1 unspecified atom stereocenters. The average Bonchev–Trinajstić information content (AvgIpc) is 2.28. The molecule has 1 atom stereocenters. The number of carbonyl (C=O) groups is 2. The van der Waals surface area contributed by atoms with E-state index in [4.69, 9.17) is 0 Å². The van der Waals surface area contributed by atoms with Gasteiger partial charge in [-0.2, -0.15) is 0 Å². The number of benzene rings is 1. The van der Waals surface area contributed by atoms with Gasteiger partial charge in [-0.3, -0.25) is 4.79 Å². The van der Waals surface area contributed by atoms with Crippen LogP contribution >= 0.6 is 15.9 Å². The van der Waals surface area contributed by atoms with E-state index < -0.39 is 17.4 Å². The predicted octanol–water partition coefficient (Wildman–Crippen LogP) is 2.53. The van der Waals surface area contributed by atoms with Crippen molar-refractivity contribution in [2.45, 2.75) is 32.2 Å². The van der Waals surface area contributed by atoms with Crippen molar-refractivity contribution in [2.24, 2.45) is 0 Å². The zero-order valence-electron chi connectivity index (χ0n) is 10.7. The molecule has 0 aliphatic heterocycles. The fourth-order valence-electron chi connectivity index (χ4n) is 1.74. The number of carbonyl (C=O) groups excluding carboxylic acids is 1. The van der Waals surface area contributed by atoms with Gasteiger partial charge in [0.2, 0.25) is 0 Å². The summed E-state index contributed by atoms with van der Waals surface area (Å²) in [6, 6.07) is 4.42. The topological polar surface area (TPSA) is 86.6 Å². The molecule has 0 saturated carbocycles. The Morgan fingerprint density at radius 3 is 2.53 bits per heavy atom. The Hall–Kier alpha value is -1.56. The third kappa shape index (κ3) is 3.70. The SMILES string of the molecule is CCCC(C)(NC(=O)c1ccc(Br)cc1O)C(=O)O. The minimum Gasteiger partial charge on any atom is -0.507 e. The van der Waals surface area contributed by atoms with Crippen LogP contribution in [0.2, 0.25) is 0 Å². The lowest BCUT2D eigenvalue weighted by Gasteiger charge is -2.25. The summed E-state index contributed by atoms with van der Waals surface area (Å²) in [5.74, 6) is -1.90. The third-order valence-electron chi connectivity index (χ3n) is 2.82. The maximum absolute atomic E-state index is 12.0. The van der Waals surface area contributed by atoms with E-state index in [1.807, 2.05) is 6.92 Å². The standard InChI is InChI=1S/C13H16BrNO4/c1-3-6-13(2,12(18)19)15-11(17)9-5-4-8(14)7-10(9)16/h4-5,7,16H,3,6H2,1-2H3,(H,15,17)(H,18,19). The predicted molar refractivity (Wildman–Crippen MR) is 74.2 cm³/mol. The van der Waals surface area contributed by atoms with Gasteiger partial charge < -0.3 is 15.5 Å². The Labute approximate surface area is 119 Å². The van der Waals surface area contributed by atoms with Crippen LogP contribution in [-0.2, 0) is 4.79 Å². The molecular formula is C13H16BrNO4. The minimum absolute atomic E-state index is 0.0479. The smallest absolute Gasteiger partial charge is 0.329 e. The van der Waals surface area contributed by atoms with Crippen LogP contribution in [0.25, 0.3) is 0 Å². The van der Waals surface area contributed by atoms with Gasteiger partial charge in [0, 0.05) is 4.47 Å². The van der Waals surface area contributed by atoms with Crippen LogP contribution in [0.4, 0.5) is 0 Å². The van der Waals surface area contributed by atoms with Crippen LogP contribution in [-0.4, -0.2) is 27.6 Å². The van der Waals surface area contributed by atoms with Gasteiger partial charge in [-0.15, -0.1) is 0 Å². The summed E-state index contributed by atoms with van der Waals surface area (Å²) in [5.41, 5.74) is -1.29. The van der Waals surface area contributed by atoms with Gasteiger partial charge in [0.25, 0.3) is 5.91 Å². The Bertz CT molecular complexity index is 503. The summed E-state index contributed by atoms with van der Waals surface area (Å²) in [7, 11) is 0. The van der Waals surface area contributed by atoms with E-state index >= 15 is 0 Å². The minimum atomic E-state index is -1.34. The van der Waals surface area contributed by atoms with Crippen molar-refractivity contribution in [2.75, 3.05) is 0 Å². The first-order chi connectivity index (χ1) is 8.80. The van der Waals surface area contributed by atoms with E-state index in [2.05, 4.69) is 21.2 Å². The van der Waals surface area contributed by atoms with Crippen molar-refractivity contribution in [3.63, 3.8) is 0 Å². The van der Waals surface area contributed by atoms with Gasteiger partial charge >= 0.3 is 5.97 Å². The van der Waals surface area contributed by atoms with Crippen LogP contribution in [0.1, 0.15) is 37.0 Å². The number of nitrogens with one attached hydrogen (secondary N) is 1. The summed E-state index contributed by atoms with van der Waals surface area (Å²) >= 11 is 3.17. The van der Waals surface area contributed by atoms with Gasteiger partial charge in [0.1, 0.15) is 11.3 Å². The number of amides is 1. The number of carboxylic acids is 1. The maximum Gasteiger partial charge on any atom is 0.329 e. The second-order valence-corrected chi connectivity index (χ2v) is 5.42. The number of halogens is 1. The molecule has 1 aromatic rings.